The molecule has 3 amide bonds. The maximum Gasteiger partial charge on any atom is 0.417 e. The van der Waals surface area contributed by atoms with Crippen LogP contribution in [0, 0.1) is 17.1 Å². The first-order chi connectivity index (χ1) is 29.4. The van der Waals surface area contributed by atoms with Gasteiger partial charge >= 0.3 is 6.18 Å². The number of benzene rings is 4. The number of fused-ring (bicyclic) bond motifs is 1. The van der Waals surface area contributed by atoms with E-state index in [-0.39, 0.29) is 80.1 Å². The van der Waals surface area contributed by atoms with Gasteiger partial charge in [-0.25, -0.2) is 17.9 Å². The van der Waals surface area contributed by atoms with Crippen LogP contribution in [-0.2, 0) is 36.8 Å². The summed E-state index contributed by atoms with van der Waals surface area (Å²) in [7, 11) is -4.31. The molecule has 0 unspecified atom stereocenters. The number of nitriles is 1. The molecule has 1 aromatic heterocycles. The second kappa shape index (κ2) is 18.5. The number of carbonyl (C=O) groups excluding carboxylic acids is 3. The highest BCUT2D eigenvalue weighted by Crippen LogP contribution is 2.34. The Bertz CT molecular complexity index is 2710. The molecule has 0 radical (unpaired) electrons. The normalized spacial score (nSPS) is 14.2. The van der Waals surface area contributed by atoms with Crippen molar-refractivity contribution in [1.82, 2.24) is 20.0 Å². The van der Waals surface area contributed by atoms with Crippen molar-refractivity contribution >= 4 is 44.0 Å². The van der Waals surface area contributed by atoms with Gasteiger partial charge in [-0.15, -0.1) is 0 Å². The van der Waals surface area contributed by atoms with Crippen molar-refractivity contribution in [3.8, 4) is 11.8 Å². The van der Waals surface area contributed by atoms with Gasteiger partial charge in [0, 0.05) is 43.7 Å². The number of carbonyl (C=O) groups is 3. The predicted molar refractivity (Wildman–Crippen MR) is 214 cm³/mol. The Labute approximate surface area is 351 Å². The zero-order valence-electron chi connectivity index (χ0n) is 32.9. The lowest BCUT2D eigenvalue weighted by Gasteiger charge is -2.34. The van der Waals surface area contributed by atoms with Crippen LogP contribution in [-0.4, -0.2) is 109 Å². The van der Waals surface area contributed by atoms with Gasteiger partial charge in [0.25, 0.3) is 17.4 Å². The standard InChI is InChI=1S/C42H38F4N6O9S/c1-41(57,40(56)48-28-8-7-27(23-47)34(22-28)42(44,45)46)25-62(58,59)30-11-9-29(10-12-30)61-19-18-60-24-37(53)51-14-16-52(17-15-51)39(55)33-20-26(6-13-35(33)43)21-36-31-4-2-3-5-32(31)38(54)50-49-36/h2-13,20,22,57H,14-19,21,24-25H2,1H3,(H,48,56)(H,50,54)/t41-/m0/s1. The Balaban J connectivity index is 0.926. The summed E-state index contributed by atoms with van der Waals surface area (Å²) in [6.45, 7) is 1.24. The molecule has 1 atom stereocenters. The fraction of sp³-hybridized carbons (Fsp3) is 0.286. The highest BCUT2D eigenvalue weighted by Gasteiger charge is 2.38. The summed E-state index contributed by atoms with van der Waals surface area (Å²) in [5.41, 5.74) is -4.27. The van der Waals surface area contributed by atoms with Crippen LogP contribution in [0.25, 0.3) is 10.8 Å². The fourth-order valence-electron chi connectivity index (χ4n) is 6.63. The summed E-state index contributed by atoms with van der Waals surface area (Å²) in [6.07, 6.45) is -4.67. The van der Waals surface area contributed by atoms with Crippen molar-refractivity contribution in [2.45, 2.75) is 30.0 Å². The molecule has 0 bridgehead atoms. The average Bonchev–Trinajstić information content (AvgIpc) is 3.24. The summed E-state index contributed by atoms with van der Waals surface area (Å²) in [6, 6.07) is 19.9. The van der Waals surface area contributed by atoms with Crippen LogP contribution in [0.1, 0.15) is 39.7 Å². The van der Waals surface area contributed by atoms with Crippen molar-refractivity contribution in [2.75, 3.05) is 57.1 Å². The van der Waals surface area contributed by atoms with Crippen LogP contribution in [0.2, 0.25) is 0 Å². The highest BCUT2D eigenvalue weighted by atomic mass is 32.2. The largest absolute Gasteiger partial charge is 0.491 e. The molecule has 15 nitrogen and oxygen atoms in total. The van der Waals surface area contributed by atoms with Crippen LogP contribution in [0.15, 0.2) is 94.6 Å². The number of aliphatic hydroxyl groups is 1. The SMILES string of the molecule is C[C@](O)(CS(=O)(=O)c1ccc(OCCOCC(=O)N2CCN(C(=O)c3cc(Cc4n[nH]c(=O)c5ccccc45)ccc3F)CC2)cc1)C(=O)Nc1ccc(C#N)c(C(F)(F)F)c1. The molecule has 20 heteroatoms. The smallest absolute Gasteiger partial charge is 0.417 e. The van der Waals surface area contributed by atoms with Crippen molar-refractivity contribution in [1.29, 1.82) is 5.26 Å². The lowest BCUT2D eigenvalue weighted by molar-refractivity contribution is -0.138. The van der Waals surface area contributed by atoms with E-state index in [1.807, 2.05) is 0 Å². The summed E-state index contributed by atoms with van der Waals surface area (Å²) in [5.74, 6) is -3.75. The summed E-state index contributed by atoms with van der Waals surface area (Å²) < 4.78 is 92.0. The van der Waals surface area contributed by atoms with Gasteiger partial charge in [0.05, 0.1) is 51.1 Å². The van der Waals surface area contributed by atoms with E-state index in [0.717, 1.165) is 19.1 Å². The van der Waals surface area contributed by atoms with Gasteiger partial charge in [-0.2, -0.15) is 23.5 Å². The number of hydrogen-bond acceptors (Lipinski definition) is 11. The predicted octanol–water partition coefficient (Wildman–Crippen LogP) is 4.09. The van der Waals surface area contributed by atoms with E-state index >= 15 is 0 Å². The lowest BCUT2D eigenvalue weighted by Crippen LogP contribution is -2.51. The number of sulfone groups is 1. The Morgan fingerprint density at radius 2 is 1.61 bits per heavy atom. The molecule has 1 aliphatic rings. The summed E-state index contributed by atoms with van der Waals surface area (Å²) >= 11 is 0. The number of ether oxygens (including phenoxy) is 2. The molecule has 2 heterocycles. The zero-order valence-corrected chi connectivity index (χ0v) is 33.7. The monoisotopic (exact) mass is 878 g/mol. The van der Waals surface area contributed by atoms with Crippen LogP contribution >= 0.6 is 0 Å². The Morgan fingerprint density at radius 3 is 2.29 bits per heavy atom. The van der Waals surface area contributed by atoms with Gasteiger partial charge in [-0.1, -0.05) is 24.3 Å². The first-order valence-electron chi connectivity index (χ1n) is 18.9. The van der Waals surface area contributed by atoms with Crippen molar-refractivity contribution in [2.24, 2.45) is 0 Å². The fourth-order valence-corrected chi connectivity index (χ4v) is 8.21. The number of H-pyrrole nitrogens is 1. The highest BCUT2D eigenvalue weighted by molar-refractivity contribution is 7.91. The maximum atomic E-state index is 14.9. The molecule has 1 saturated heterocycles. The maximum absolute atomic E-state index is 14.9. The molecule has 0 spiro atoms. The minimum Gasteiger partial charge on any atom is -0.491 e. The third-order valence-corrected chi connectivity index (χ3v) is 11.8. The molecule has 0 saturated carbocycles. The molecule has 1 fully saturated rings. The molecule has 62 heavy (non-hydrogen) atoms. The van der Waals surface area contributed by atoms with E-state index in [9.17, 15) is 50.3 Å². The van der Waals surface area contributed by atoms with E-state index in [1.165, 1.54) is 52.3 Å². The zero-order chi connectivity index (χ0) is 44.8. The second-order valence-electron chi connectivity index (χ2n) is 14.4. The third-order valence-electron chi connectivity index (χ3n) is 9.90. The number of piperazine rings is 1. The van der Waals surface area contributed by atoms with Gasteiger partial charge in [-0.05, 0) is 73.2 Å². The van der Waals surface area contributed by atoms with Gasteiger partial charge in [0.15, 0.2) is 15.4 Å². The third kappa shape index (κ3) is 10.6. The van der Waals surface area contributed by atoms with Crippen molar-refractivity contribution < 1.29 is 54.9 Å². The lowest BCUT2D eigenvalue weighted by atomic mass is 10.0. The molecular weight excluding hydrogens is 841 g/mol. The quantitative estimate of drug-likeness (QED) is 0.107. The number of nitrogens with one attached hydrogen (secondary N) is 2. The number of aromatic amines is 1. The minimum absolute atomic E-state index is 0.0219. The average molecular weight is 879 g/mol. The molecule has 3 N–H and O–H groups in total. The van der Waals surface area contributed by atoms with Crippen LogP contribution in [0.5, 0.6) is 5.75 Å². The number of alkyl halides is 3. The van der Waals surface area contributed by atoms with E-state index in [0.29, 0.717) is 28.1 Å². The first kappa shape index (κ1) is 44.9. The van der Waals surface area contributed by atoms with Gasteiger partial charge < -0.3 is 29.7 Å². The van der Waals surface area contributed by atoms with Gasteiger partial charge in [0.1, 0.15) is 24.8 Å². The molecule has 0 aliphatic carbocycles. The van der Waals surface area contributed by atoms with Gasteiger partial charge in [-0.3, -0.25) is 19.2 Å². The molecule has 6 rings (SSSR count). The summed E-state index contributed by atoms with van der Waals surface area (Å²) in [5, 5.41) is 29.5. The molecular formula is C42H38F4N6O9S. The Kier molecular flexibility index (Phi) is 13.4. The number of amides is 3. The first-order valence-corrected chi connectivity index (χ1v) is 20.5. The number of halogens is 4. The molecule has 5 aromatic rings. The van der Waals surface area contributed by atoms with Gasteiger partial charge in [0.2, 0.25) is 5.91 Å². The van der Waals surface area contributed by atoms with E-state index in [1.54, 1.807) is 30.3 Å². The minimum atomic E-state index is -4.91. The van der Waals surface area contributed by atoms with Crippen LogP contribution in [0.4, 0.5) is 23.2 Å². The Hall–Kier alpha value is -6.69. The number of hydrogen-bond donors (Lipinski definition) is 3. The van der Waals surface area contributed by atoms with Crippen molar-refractivity contribution in [3.63, 3.8) is 0 Å². The molecule has 4 aromatic carbocycles. The van der Waals surface area contributed by atoms with Crippen LogP contribution < -0.4 is 15.6 Å². The Morgan fingerprint density at radius 1 is 0.935 bits per heavy atom. The van der Waals surface area contributed by atoms with E-state index in [4.69, 9.17) is 14.7 Å². The topological polar surface area (TPSA) is 212 Å². The molecule has 324 valence electrons. The van der Waals surface area contributed by atoms with E-state index in [2.05, 4.69) is 15.5 Å². The van der Waals surface area contributed by atoms with Crippen molar-refractivity contribution in [3.05, 3.63) is 129 Å². The summed E-state index contributed by atoms with van der Waals surface area (Å²) in [4.78, 5) is 53.8. The number of aromatic nitrogens is 2. The number of anilines is 1. The number of rotatable bonds is 14. The molecule has 1 aliphatic heterocycles. The van der Waals surface area contributed by atoms with E-state index < -0.39 is 61.8 Å². The number of nitrogens with zero attached hydrogens (tertiary/aromatic N) is 4. The second-order valence-corrected chi connectivity index (χ2v) is 16.4. The van der Waals surface area contributed by atoms with Crippen LogP contribution in [0.3, 0.4) is 0 Å².